The lowest BCUT2D eigenvalue weighted by Crippen LogP contribution is -2.47. The number of aromatic nitrogens is 3. The number of amides is 1. The number of rotatable bonds is 7. The lowest BCUT2D eigenvalue weighted by atomic mass is 9.96. The minimum Gasteiger partial charge on any atom is -0.497 e. The molecule has 1 aromatic carbocycles. The molecule has 7 heteroatoms. The maximum atomic E-state index is 12.9. The SMILES string of the molecule is CCCn1nc(C2CCCC2)nc1[C@H]1OCC(=O)N(C2CC2)[C@@H]1c1ccc(OC)cc1. The largest absolute Gasteiger partial charge is 0.497 e. The minimum absolute atomic E-state index is 0.0668. The molecule has 7 nitrogen and oxygen atoms in total. The second kappa shape index (κ2) is 8.61. The third-order valence-electron chi connectivity index (χ3n) is 6.79. The molecule has 31 heavy (non-hydrogen) atoms. The van der Waals surface area contributed by atoms with Gasteiger partial charge >= 0.3 is 0 Å². The lowest BCUT2D eigenvalue weighted by molar-refractivity contribution is -0.160. The molecule has 0 unspecified atom stereocenters. The van der Waals surface area contributed by atoms with Crippen LogP contribution in [0, 0.1) is 0 Å². The molecule has 2 aliphatic carbocycles. The molecule has 1 saturated heterocycles. The van der Waals surface area contributed by atoms with Crippen molar-refractivity contribution in [2.75, 3.05) is 13.7 Å². The van der Waals surface area contributed by atoms with E-state index in [1.165, 1.54) is 12.8 Å². The molecule has 1 aliphatic heterocycles. The zero-order chi connectivity index (χ0) is 21.4. The van der Waals surface area contributed by atoms with Gasteiger partial charge in [-0.3, -0.25) is 4.79 Å². The van der Waals surface area contributed by atoms with E-state index in [1.807, 2.05) is 28.9 Å². The fourth-order valence-corrected chi connectivity index (χ4v) is 5.08. The molecule has 2 aromatic rings. The molecule has 0 radical (unpaired) electrons. The smallest absolute Gasteiger partial charge is 0.249 e. The summed E-state index contributed by atoms with van der Waals surface area (Å²) in [4.78, 5) is 20.0. The number of hydrogen-bond acceptors (Lipinski definition) is 5. The van der Waals surface area contributed by atoms with Gasteiger partial charge in [-0.2, -0.15) is 5.10 Å². The maximum Gasteiger partial charge on any atom is 0.249 e. The Labute approximate surface area is 183 Å². The molecule has 2 atom stereocenters. The monoisotopic (exact) mass is 424 g/mol. The normalized spacial score (nSPS) is 24.7. The molecular weight excluding hydrogens is 392 g/mol. The van der Waals surface area contributed by atoms with Crippen molar-refractivity contribution >= 4 is 5.91 Å². The van der Waals surface area contributed by atoms with Crippen LogP contribution in [0.2, 0.25) is 0 Å². The van der Waals surface area contributed by atoms with Gasteiger partial charge in [-0.1, -0.05) is 31.9 Å². The summed E-state index contributed by atoms with van der Waals surface area (Å²) in [6.07, 6.45) is 7.60. The summed E-state index contributed by atoms with van der Waals surface area (Å²) in [7, 11) is 1.67. The first-order valence-corrected chi connectivity index (χ1v) is 11.7. The lowest BCUT2D eigenvalue weighted by Gasteiger charge is -2.41. The van der Waals surface area contributed by atoms with Gasteiger partial charge in [-0.05, 0) is 49.8 Å². The van der Waals surface area contributed by atoms with Crippen LogP contribution in [0.15, 0.2) is 24.3 Å². The highest BCUT2D eigenvalue weighted by atomic mass is 16.5. The molecule has 1 amide bonds. The van der Waals surface area contributed by atoms with E-state index in [1.54, 1.807) is 7.11 Å². The highest BCUT2D eigenvalue weighted by Crippen LogP contribution is 2.45. The van der Waals surface area contributed by atoms with Gasteiger partial charge in [0.15, 0.2) is 11.6 Å². The summed E-state index contributed by atoms with van der Waals surface area (Å²) in [5.74, 6) is 3.13. The third-order valence-corrected chi connectivity index (χ3v) is 6.79. The van der Waals surface area contributed by atoms with Crippen molar-refractivity contribution < 1.29 is 14.3 Å². The van der Waals surface area contributed by atoms with Crippen molar-refractivity contribution in [2.45, 2.75) is 82.5 Å². The van der Waals surface area contributed by atoms with Crippen LogP contribution >= 0.6 is 0 Å². The second-order valence-corrected chi connectivity index (χ2v) is 9.01. The van der Waals surface area contributed by atoms with Crippen LogP contribution in [-0.2, 0) is 16.1 Å². The fraction of sp³-hybridized carbons (Fsp3) is 0.625. The number of carbonyl (C=O) groups is 1. The van der Waals surface area contributed by atoms with E-state index in [0.29, 0.717) is 12.0 Å². The zero-order valence-corrected chi connectivity index (χ0v) is 18.5. The Morgan fingerprint density at radius 1 is 1.13 bits per heavy atom. The van der Waals surface area contributed by atoms with E-state index in [9.17, 15) is 4.79 Å². The molecule has 166 valence electrons. The Balaban J connectivity index is 1.55. The van der Waals surface area contributed by atoms with Gasteiger partial charge in [0.2, 0.25) is 5.91 Å². The molecule has 5 rings (SSSR count). The quantitative estimate of drug-likeness (QED) is 0.668. The van der Waals surface area contributed by atoms with Gasteiger partial charge in [-0.15, -0.1) is 0 Å². The zero-order valence-electron chi connectivity index (χ0n) is 18.5. The van der Waals surface area contributed by atoms with E-state index < -0.39 is 0 Å². The van der Waals surface area contributed by atoms with Crippen molar-refractivity contribution in [2.24, 2.45) is 0 Å². The molecular formula is C24H32N4O3. The number of ether oxygens (including phenoxy) is 2. The van der Waals surface area contributed by atoms with Crippen molar-refractivity contribution in [3.05, 3.63) is 41.5 Å². The molecule has 0 spiro atoms. The Kier molecular flexibility index (Phi) is 5.69. The predicted molar refractivity (Wildman–Crippen MR) is 116 cm³/mol. The molecule has 0 bridgehead atoms. The Morgan fingerprint density at radius 3 is 2.52 bits per heavy atom. The van der Waals surface area contributed by atoms with E-state index in [-0.39, 0.29) is 24.7 Å². The van der Waals surface area contributed by atoms with Crippen LogP contribution in [0.1, 0.15) is 87.1 Å². The molecule has 1 aromatic heterocycles. The Morgan fingerprint density at radius 2 is 1.87 bits per heavy atom. The number of carbonyl (C=O) groups excluding carboxylic acids is 1. The number of benzene rings is 1. The number of nitrogens with zero attached hydrogens (tertiary/aromatic N) is 4. The summed E-state index contributed by atoms with van der Waals surface area (Å²) in [6.45, 7) is 3.07. The number of aryl methyl sites for hydroxylation is 1. The molecule has 0 N–H and O–H groups in total. The van der Waals surface area contributed by atoms with Crippen LogP contribution in [0.25, 0.3) is 0 Å². The van der Waals surface area contributed by atoms with Crippen LogP contribution in [0.4, 0.5) is 0 Å². The number of morpholine rings is 1. The van der Waals surface area contributed by atoms with E-state index in [2.05, 4.69) is 11.8 Å². The fourth-order valence-electron chi connectivity index (χ4n) is 5.08. The molecule has 2 saturated carbocycles. The summed E-state index contributed by atoms with van der Waals surface area (Å²) in [5, 5.41) is 4.92. The van der Waals surface area contributed by atoms with E-state index in [0.717, 1.165) is 61.6 Å². The summed E-state index contributed by atoms with van der Waals surface area (Å²) < 4.78 is 13.6. The van der Waals surface area contributed by atoms with Crippen LogP contribution < -0.4 is 4.74 Å². The predicted octanol–water partition coefficient (Wildman–Crippen LogP) is 4.16. The average molecular weight is 425 g/mol. The maximum absolute atomic E-state index is 12.9. The number of hydrogen-bond donors (Lipinski definition) is 0. The van der Waals surface area contributed by atoms with Crippen LogP contribution in [0.3, 0.4) is 0 Å². The highest BCUT2D eigenvalue weighted by Gasteiger charge is 2.47. The first-order chi connectivity index (χ1) is 15.2. The second-order valence-electron chi connectivity index (χ2n) is 9.01. The van der Waals surface area contributed by atoms with Gasteiger partial charge < -0.3 is 14.4 Å². The third kappa shape index (κ3) is 3.95. The minimum atomic E-state index is -0.319. The summed E-state index contributed by atoms with van der Waals surface area (Å²) in [6, 6.07) is 8.10. The highest BCUT2D eigenvalue weighted by molar-refractivity contribution is 5.79. The first kappa shape index (κ1) is 20.5. The van der Waals surface area contributed by atoms with Crippen molar-refractivity contribution in [3.8, 4) is 5.75 Å². The van der Waals surface area contributed by atoms with Gasteiger partial charge in [0.05, 0.1) is 13.2 Å². The first-order valence-electron chi connectivity index (χ1n) is 11.7. The average Bonchev–Trinajstić information content (AvgIpc) is 3.30. The standard InChI is InChI=1S/C24H32N4O3/c1-3-14-27-24(25-23(26-27)17-6-4-5-7-17)22-21(16-8-12-19(30-2)13-9-16)28(18-10-11-18)20(29)15-31-22/h8-9,12-13,17-18,21-22H,3-7,10-11,14-15H2,1-2H3/t21-,22+/m1/s1. The van der Waals surface area contributed by atoms with Crippen molar-refractivity contribution in [3.63, 3.8) is 0 Å². The Bertz CT molecular complexity index is 915. The molecule has 3 fully saturated rings. The molecule has 3 aliphatic rings. The Hall–Kier alpha value is -2.41. The van der Waals surface area contributed by atoms with Gasteiger partial charge in [0.25, 0.3) is 0 Å². The van der Waals surface area contributed by atoms with Crippen molar-refractivity contribution in [1.29, 1.82) is 0 Å². The van der Waals surface area contributed by atoms with E-state index >= 15 is 0 Å². The van der Waals surface area contributed by atoms with Gasteiger partial charge in [0.1, 0.15) is 18.5 Å². The van der Waals surface area contributed by atoms with Crippen LogP contribution in [0.5, 0.6) is 5.75 Å². The van der Waals surface area contributed by atoms with Crippen LogP contribution in [-0.4, -0.2) is 45.3 Å². The topological polar surface area (TPSA) is 69.5 Å². The van der Waals surface area contributed by atoms with Gasteiger partial charge in [-0.25, -0.2) is 9.67 Å². The number of methoxy groups -OCH3 is 1. The summed E-state index contributed by atoms with van der Waals surface area (Å²) >= 11 is 0. The van der Waals surface area contributed by atoms with E-state index in [4.69, 9.17) is 19.6 Å². The molecule has 2 heterocycles. The van der Waals surface area contributed by atoms with Gasteiger partial charge in [0, 0.05) is 18.5 Å². The van der Waals surface area contributed by atoms with Crippen molar-refractivity contribution in [1.82, 2.24) is 19.7 Å². The summed E-state index contributed by atoms with van der Waals surface area (Å²) in [5.41, 5.74) is 1.05.